The standard InChI is InChI=1S/C21H28O3/c1-19-8-4-3-5-14(19)13-17(22)18-15(19)6-9-20(2)16(18)7-10-21(20)23-11-12-24-21/h3,5,13,15-16,18H,4,6-12H2,1-2H3/t15-,16-,18+,19-,20-/m0/s1. The van der Waals surface area contributed by atoms with Crippen molar-refractivity contribution < 1.29 is 14.3 Å². The number of rotatable bonds is 0. The maximum atomic E-state index is 13.1. The summed E-state index contributed by atoms with van der Waals surface area (Å²) in [6.45, 7) is 6.15. The first kappa shape index (κ1) is 15.3. The van der Waals surface area contributed by atoms with Crippen molar-refractivity contribution in [2.75, 3.05) is 13.2 Å². The Hall–Kier alpha value is -0.930. The van der Waals surface area contributed by atoms with Crippen LogP contribution in [0.3, 0.4) is 0 Å². The molecule has 1 heterocycles. The van der Waals surface area contributed by atoms with Crippen LogP contribution in [0.1, 0.15) is 52.4 Å². The lowest BCUT2D eigenvalue weighted by Gasteiger charge is -2.56. The van der Waals surface area contributed by atoms with E-state index in [2.05, 4.69) is 26.0 Å². The number of ketones is 1. The molecule has 1 saturated heterocycles. The Balaban J connectivity index is 1.57. The predicted octanol–water partition coefficient (Wildman–Crippen LogP) is 4.04. The van der Waals surface area contributed by atoms with Gasteiger partial charge < -0.3 is 9.47 Å². The van der Waals surface area contributed by atoms with Crippen LogP contribution in [0.5, 0.6) is 0 Å². The number of carbonyl (C=O) groups is 1. The summed E-state index contributed by atoms with van der Waals surface area (Å²) in [6, 6.07) is 0. The van der Waals surface area contributed by atoms with Crippen LogP contribution < -0.4 is 0 Å². The van der Waals surface area contributed by atoms with Gasteiger partial charge >= 0.3 is 0 Å². The molecule has 0 N–H and O–H groups in total. The fourth-order valence-corrected chi connectivity index (χ4v) is 6.93. The number of ether oxygens (including phenoxy) is 2. The summed E-state index contributed by atoms with van der Waals surface area (Å²) in [5.41, 5.74) is 1.46. The van der Waals surface area contributed by atoms with E-state index in [9.17, 15) is 4.79 Å². The Morgan fingerprint density at radius 2 is 1.79 bits per heavy atom. The molecule has 1 aliphatic heterocycles. The van der Waals surface area contributed by atoms with E-state index in [1.54, 1.807) is 0 Å². The van der Waals surface area contributed by atoms with Gasteiger partial charge in [0, 0.05) is 17.8 Å². The number of hydrogen-bond donors (Lipinski definition) is 0. The molecule has 3 heteroatoms. The molecule has 4 aliphatic carbocycles. The van der Waals surface area contributed by atoms with Crippen molar-refractivity contribution in [1.29, 1.82) is 0 Å². The molecule has 5 rings (SSSR count). The zero-order valence-corrected chi connectivity index (χ0v) is 14.8. The lowest BCUT2D eigenvalue weighted by Crippen LogP contribution is -2.56. The second kappa shape index (κ2) is 4.82. The van der Waals surface area contributed by atoms with Gasteiger partial charge in [-0.25, -0.2) is 0 Å². The second-order valence-corrected chi connectivity index (χ2v) is 9.04. The molecule has 0 radical (unpaired) electrons. The van der Waals surface area contributed by atoms with Gasteiger partial charge in [-0.3, -0.25) is 4.79 Å². The molecule has 3 fully saturated rings. The summed E-state index contributed by atoms with van der Waals surface area (Å²) >= 11 is 0. The average molecular weight is 328 g/mol. The maximum absolute atomic E-state index is 13.1. The Morgan fingerprint density at radius 3 is 2.58 bits per heavy atom. The maximum Gasteiger partial charge on any atom is 0.174 e. The molecule has 130 valence electrons. The highest BCUT2D eigenvalue weighted by molar-refractivity contribution is 5.95. The highest BCUT2D eigenvalue weighted by Crippen LogP contribution is 2.67. The van der Waals surface area contributed by atoms with E-state index in [1.807, 2.05) is 6.08 Å². The molecular formula is C21H28O3. The third kappa shape index (κ3) is 1.68. The van der Waals surface area contributed by atoms with Crippen molar-refractivity contribution >= 4 is 5.78 Å². The van der Waals surface area contributed by atoms with Gasteiger partial charge in [0.1, 0.15) is 0 Å². The molecule has 0 bridgehead atoms. The fourth-order valence-electron chi connectivity index (χ4n) is 6.93. The zero-order chi connectivity index (χ0) is 16.6. The van der Waals surface area contributed by atoms with E-state index >= 15 is 0 Å². The molecule has 0 aromatic heterocycles. The van der Waals surface area contributed by atoms with Crippen LogP contribution in [0.25, 0.3) is 0 Å². The molecule has 0 amide bonds. The van der Waals surface area contributed by atoms with Gasteiger partial charge in [-0.05, 0) is 61.0 Å². The largest absolute Gasteiger partial charge is 0.347 e. The van der Waals surface area contributed by atoms with Crippen molar-refractivity contribution in [3.05, 3.63) is 23.8 Å². The summed E-state index contributed by atoms with van der Waals surface area (Å²) in [7, 11) is 0. The predicted molar refractivity (Wildman–Crippen MR) is 91.3 cm³/mol. The quantitative estimate of drug-likeness (QED) is 0.673. The minimum absolute atomic E-state index is 0.00740. The summed E-state index contributed by atoms with van der Waals surface area (Å²) in [5, 5.41) is 0. The fraction of sp³-hybridized carbons (Fsp3) is 0.762. The number of hydrogen-bond acceptors (Lipinski definition) is 3. The van der Waals surface area contributed by atoms with E-state index in [-0.39, 0.29) is 16.7 Å². The van der Waals surface area contributed by atoms with E-state index < -0.39 is 5.79 Å². The number of fused-ring (bicyclic) bond motifs is 6. The lowest BCUT2D eigenvalue weighted by atomic mass is 9.48. The molecule has 2 saturated carbocycles. The normalized spacial score (nSPS) is 48.8. The molecule has 24 heavy (non-hydrogen) atoms. The molecule has 3 nitrogen and oxygen atoms in total. The molecule has 1 spiro atoms. The minimum Gasteiger partial charge on any atom is -0.347 e. The Morgan fingerprint density at radius 1 is 1.04 bits per heavy atom. The first-order valence-corrected chi connectivity index (χ1v) is 9.71. The number of allylic oxidation sites excluding steroid dienone is 4. The third-order valence-electron chi connectivity index (χ3n) is 8.30. The van der Waals surface area contributed by atoms with Crippen LogP contribution in [0.2, 0.25) is 0 Å². The van der Waals surface area contributed by atoms with Crippen molar-refractivity contribution in [3.8, 4) is 0 Å². The monoisotopic (exact) mass is 328 g/mol. The van der Waals surface area contributed by atoms with Crippen molar-refractivity contribution in [1.82, 2.24) is 0 Å². The van der Waals surface area contributed by atoms with Gasteiger partial charge in [-0.1, -0.05) is 26.0 Å². The van der Waals surface area contributed by atoms with Crippen LogP contribution in [0.4, 0.5) is 0 Å². The molecule has 0 aromatic rings. The van der Waals surface area contributed by atoms with Crippen molar-refractivity contribution in [2.45, 2.75) is 58.2 Å². The summed E-state index contributed by atoms with van der Waals surface area (Å²) in [5.74, 6) is 1.01. The first-order chi connectivity index (χ1) is 11.5. The Bertz CT molecular complexity index is 641. The van der Waals surface area contributed by atoms with Gasteiger partial charge in [0.15, 0.2) is 11.6 Å². The average Bonchev–Trinajstić information content (AvgIpc) is 3.15. The highest BCUT2D eigenvalue weighted by Gasteiger charge is 2.67. The topological polar surface area (TPSA) is 35.5 Å². The zero-order valence-electron chi connectivity index (χ0n) is 14.8. The second-order valence-electron chi connectivity index (χ2n) is 9.04. The summed E-state index contributed by atoms with van der Waals surface area (Å²) in [4.78, 5) is 13.1. The summed E-state index contributed by atoms with van der Waals surface area (Å²) in [6.07, 6.45) is 13.0. The van der Waals surface area contributed by atoms with Crippen molar-refractivity contribution in [2.24, 2.45) is 28.6 Å². The highest BCUT2D eigenvalue weighted by atomic mass is 16.7. The smallest absolute Gasteiger partial charge is 0.174 e. The Kier molecular flexibility index (Phi) is 3.08. The third-order valence-corrected chi connectivity index (χ3v) is 8.30. The molecule has 5 atom stereocenters. The molecule has 0 aromatic carbocycles. The first-order valence-electron chi connectivity index (χ1n) is 9.71. The van der Waals surface area contributed by atoms with E-state index in [0.717, 1.165) is 32.1 Å². The molecule has 5 aliphatic rings. The van der Waals surface area contributed by atoms with Gasteiger partial charge in [-0.15, -0.1) is 0 Å². The Labute approximate surface area is 144 Å². The number of carbonyl (C=O) groups excluding carboxylic acids is 1. The molecule has 0 unspecified atom stereocenters. The van der Waals surface area contributed by atoms with Gasteiger partial charge in [0.25, 0.3) is 0 Å². The van der Waals surface area contributed by atoms with E-state index in [4.69, 9.17) is 9.47 Å². The van der Waals surface area contributed by atoms with E-state index in [0.29, 0.717) is 30.8 Å². The summed E-state index contributed by atoms with van der Waals surface area (Å²) < 4.78 is 12.3. The van der Waals surface area contributed by atoms with E-state index in [1.165, 1.54) is 12.0 Å². The van der Waals surface area contributed by atoms with Crippen LogP contribution in [-0.2, 0) is 14.3 Å². The van der Waals surface area contributed by atoms with Gasteiger partial charge in [0.05, 0.1) is 13.2 Å². The van der Waals surface area contributed by atoms with Crippen LogP contribution in [0, 0.1) is 28.6 Å². The molecular weight excluding hydrogens is 300 g/mol. The van der Waals surface area contributed by atoms with Crippen LogP contribution >= 0.6 is 0 Å². The van der Waals surface area contributed by atoms with Crippen LogP contribution in [-0.4, -0.2) is 24.8 Å². The van der Waals surface area contributed by atoms with Gasteiger partial charge in [0.2, 0.25) is 0 Å². The van der Waals surface area contributed by atoms with Crippen LogP contribution in [0.15, 0.2) is 23.8 Å². The minimum atomic E-state index is -0.416. The lowest BCUT2D eigenvalue weighted by molar-refractivity contribution is -0.240. The van der Waals surface area contributed by atoms with Crippen molar-refractivity contribution in [3.63, 3.8) is 0 Å². The van der Waals surface area contributed by atoms with Gasteiger partial charge in [-0.2, -0.15) is 0 Å². The SMILES string of the molecule is C[C@]12CCC=CC1=CC(=O)[C@@H]1[C@@H]2CC[C@@]2(C)[C@H]1CCC21OCCO1.